The molecule has 0 spiro atoms. The lowest BCUT2D eigenvalue weighted by molar-refractivity contribution is 0.825. The highest BCUT2D eigenvalue weighted by Gasteiger charge is 2.00. The molecule has 8 heteroatoms. The van der Waals surface area contributed by atoms with Crippen molar-refractivity contribution >= 4 is 23.3 Å². The maximum atomic E-state index is 5.84. The van der Waals surface area contributed by atoms with Crippen LogP contribution >= 0.6 is 0 Å². The van der Waals surface area contributed by atoms with Gasteiger partial charge in [0.15, 0.2) is 5.49 Å². The van der Waals surface area contributed by atoms with Gasteiger partial charge in [-0.25, -0.2) is 4.99 Å². The fraction of sp³-hybridized carbons (Fsp3) is 0.200. The molecule has 0 fully saturated rings. The molecule has 23 heavy (non-hydrogen) atoms. The van der Waals surface area contributed by atoms with E-state index in [0.29, 0.717) is 17.1 Å². The Balaban J connectivity index is 2.32. The first-order chi connectivity index (χ1) is 10.9. The van der Waals surface area contributed by atoms with Crippen molar-refractivity contribution in [3.63, 3.8) is 0 Å². The first-order valence-corrected chi connectivity index (χ1v) is 6.95. The third-order valence-electron chi connectivity index (χ3n) is 3.28. The molecule has 0 amide bonds. The lowest BCUT2D eigenvalue weighted by Crippen LogP contribution is -2.22. The Morgan fingerprint density at radius 3 is 2.35 bits per heavy atom. The number of nitrogen functional groups attached to an aromatic ring is 1. The van der Waals surface area contributed by atoms with Crippen LogP contribution in [0.2, 0.25) is 0 Å². The predicted octanol–water partition coefficient (Wildman–Crippen LogP) is 0.541. The molecular weight excluding hydrogens is 292 g/mol. The van der Waals surface area contributed by atoms with Crippen molar-refractivity contribution < 1.29 is 0 Å². The maximum absolute atomic E-state index is 5.84. The monoisotopic (exact) mass is 312 g/mol. The number of nitrogens with two attached hydrogens (primary N) is 3. The number of aryl methyl sites for hydroxylation is 1. The molecule has 0 aliphatic carbocycles. The lowest BCUT2D eigenvalue weighted by Gasteiger charge is -2.06. The number of aromatic nitrogens is 2. The molecule has 0 saturated carbocycles. The highest BCUT2D eigenvalue weighted by molar-refractivity contribution is 5.99. The summed E-state index contributed by atoms with van der Waals surface area (Å²) in [6, 6.07) is 9.38. The minimum atomic E-state index is -0.0766. The van der Waals surface area contributed by atoms with Crippen molar-refractivity contribution in [3.05, 3.63) is 47.1 Å². The summed E-state index contributed by atoms with van der Waals surface area (Å²) in [5, 5.41) is 7.56. The second kappa shape index (κ2) is 6.73. The molecule has 0 aliphatic rings. The van der Waals surface area contributed by atoms with Crippen LogP contribution < -0.4 is 22.7 Å². The fourth-order valence-electron chi connectivity index (χ4n) is 1.85. The quantitative estimate of drug-likeness (QED) is 0.433. The summed E-state index contributed by atoms with van der Waals surface area (Å²) < 4.78 is 1.80. The van der Waals surface area contributed by atoms with Crippen LogP contribution in [0.5, 0.6) is 0 Å². The highest BCUT2D eigenvalue weighted by Crippen LogP contribution is 2.13. The van der Waals surface area contributed by atoms with E-state index in [-0.39, 0.29) is 5.96 Å². The van der Waals surface area contributed by atoms with Gasteiger partial charge < -0.3 is 21.8 Å². The third-order valence-corrected chi connectivity index (χ3v) is 3.28. The van der Waals surface area contributed by atoms with Crippen molar-refractivity contribution in [2.75, 3.05) is 5.73 Å². The van der Waals surface area contributed by atoms with Gasteiger partial charge in [-0.15, -0.1) is 5.10 Å². The van der Waals surface area contributed by atoms with Gasteiger partial charge in [0.2, 0.25) is 11.9 Å². The zero-order valence-electron chi connectivity index (χ0n) is 13.4. The van der Waals surface area contributed by atoms with E-state index in [0.717, 1.165) is 16.9 Å². The first kappa shape index (κ1) is 16.2. The minimum Gasteiger partial charge on any atom is -0.369 e. The molecule has 6 N–H and O–H groups in total. The van der Waals surface area contributed by atoms with E-state index < -0.39 is 0 Å². The van der Waals surface area contributed by atoms with Gasteiger partial charge in [-0.2, -0.15) is 10.1 Å². The Hall–Kier alpha value is -3.16. The summed E-state index contributed by atoms with van der Waals surface area (Å²) in [4.78, 5) is 8.71. The smallest absolute Gasteiger partial charge is 0.211 e. The number of hydrogen-bond acceptors (Lipinski definition) is 5. The average molecular weight is 312 g/mol. The molecule has 8 nitrogen and oxygen atoms in total. The van der Waals surface area contributed by atoms with Crippen LogP contribution in [0.1, 0.15) is 18.2 Å². The van der Waals surface area contributed by atoms with E-state index in [4.69, 9.17) is 17.2 Å². The SMILES string of the molecule is C/C(=N\N=C(N)N)c1ccc(N=c2cc(C)n(C)c(N)n2)cc1. The van der Waals surface area contributed by atoms with Crippen molar-refractivity contribution in [3.8, 4) is 0 Å². The van der Waals surface area contributed by atoms with Crippen LogP contribution in [0.4, 0.5) is 11.6 Å². The fourth-order valence-corrected chi connectivity index (χ4v) is 1.85. The Morgan fingerprint density at radius 2 is 1.78 bits per heavy atom. The van der Waals surface area contributed by atoms with Gasteiger partial charge in [0.1, 0.15) is 0 Å². The molecule has 1 heterocycles. The standard InChI is InChI=1S/C15H20N8/c1-9-8-13(20-15(18)23(9)3)19-12-6-4-11(5-7-12)10(2)21-22-14(16)17/h4-8H,1-3H3,(H4,16,17,22)(H2,18,19,20)/b21-10+. The summed E-state index contributed by atoms with van der Waals surface area (Å²) >= 11 is 0. The van der Waals surface area contributed by atoms with Gasteiger partial charge in [-0.05, 0) is 31.5 Å². The summed E-state index contributed by atoms with van der Waals surface area (Å²) in [7, 11) is 1.86. The Bertz CT molecular complexity index is 797. The average Bonchev–Trinajstić information content (AvgIpc) is 2.51. The number of guanidine groups is 1. The van der Waals surface area contributed by atoms with Crippen molar-refractivity contribution in [2.24, 2.45) is 33.7 Å². The summed E-state index contributed by atoms with van der Waals surface area (Å²) in [5.74, 6) is 0.341. The number of nitrogens with zero attached hydrogens (tertiary/aromatic N) is 5. The van der Waals surface area contributed by atoms with Crippen LogP contribution in [0.25, 0.3) is 0 Å². The molecule has 0 bridgehead atoms. The van der Waals surface area contributed by atoms with Crippen LogP contribution in [-0.4, -0.2) is 21.2 Å². The zero-order chi connectivity index (χ0) is 17.0. The molecule has 2 aromatic rings. The second-order valence-corrected chi connectivity index (χ2v) is 5.04. The summed E-state index contributed by atoms with van der Waals surface area (Å²) in [5.41, 5.74) is 20.3. The van der Waals surface area contributed by atoms with Gasteiger partial charge in [0.25, 0.3) is 0 Å². The molecule has 120 valence electrons. The molecule has 0 atom stereocenters. The van der Waals surface area contributed by atoms with Gasteiger partial charge in [0, 0.05) is 18.8 Å². The van der Waals surface area contributed by atoms with Crippen molar-refractivity contribution in [1.29, 1.82) is 0 Å². The number of hydrogen-bond donors (Lipinski definition) is 3. The van der Waals surface area contributed by atoms with E-state index >= 15 is 0 Å². The third kappa shape index (κ3) is 4.16. The van der Waals surface area contributed by atoms with E-state index in [2.05, 4.69) is 20.2 Å². The topological polar surface area (TPSA) is 133 Å². The van der Waals surface area contributed by atoms with Crippen LogP contribution in [0.3, 0.4) is 0 Å². The molecular formula is C15H20N8. The van der Waals surface area contributed by atoms with E-state index in [1.165, 1.54) is 0 Å². The summed E-state index contributed by atoms with van der Waals surface area (Å²) in [6.07, 6.45) is 0. The normalized spacial score (nSPS) is 12.3. The second-order valence-electron chi connectivity index (χ2n) is 5.04. The zero-order valence-corrected chi connectivity index (χ0v) is 13.4. The number of rotatable bonds is 3. The number of benzene rings is 1. The molecule has 2 rings (SSSR count). The van der Waals surface area contributed by atoms with Crippen LogP contribution in [-0.2, 0) is 7.05 Å². The largest absolute Gasteiger partial charge is 0.369 e. The number of anilines is 1. The molecule has 0 saturated heterocycles. The highest BCUT2D eigenvalue weighted by atomic mass is 15.3. The minimum absolute atomic E-state index is 0.0766. The molecule has 0 aliphatic heterocycles. The Kier molecular flexibility index (Phi) is 4.75. The van der Waals surface area contributed by atoms with E-state index in [1.807, 2.05) is 51.2 Å². The maximum Gasteiger partial charge on any atom is 0.211 e. The van der Waals surface area contributed by atoms with Gasteiger partial charge in [-0.1, -0.05) is 12.1 Å². The van der Waals surface area contributed by atoms with Crippen LogP contribution in [0, 0.1) is 6.92 Å². The molecule has 0 radical (unpaired) electrons. The van der Waals surface area contributed by atoms with Gasteiger partial charge in [0.05, 0.1) is 11.4 Å². The molecule has 0 unspecified atom stereocenters. The van der Waals surface area contributed by atoms with Gasteiger partial charge >= 0.3 is 0 Å². The molecule has 1 aromatic heterocycles. The van der Waals surface area contributed by atoms with Crippen molar-refractivity contribution in [1.82, 2.24) is 9.55 Å². The van der Waals surface area contributed by atoms with Crippen LogP contribution in [0.15, 0.2) is 45.5 Å². The van der Waals surface area contributed by atoms with Crippen molar-refractivity contribution in [2.45, 2.75) is 13.8 Å². The lowest BCUT2D eigenvalue weighted by atomic mass is 10.1. The molecule has 1 aromatic carbocycles. The Morgan fingerprint density at radius 1 is 1.13 bits per heavy atom. The first-order valence-electron chi connectivity index (χ1n) is 6.95. The van der Waals surface area contributed by atoms with E-state index in [1.54, 1.807) is 4.57 Å². The Labute approximate surface area is 134 Å². The summed E-state index contributed by atoms with van der Waals surface area (Å²) in [6.45, 7) is 3.77. The predicted molar refractivity (Wildman–Crippen MR) is 92.0 cm³/mol. The van der Waals surface area contributed by atoms with E-state index in [9.17, 15) is 0 Å². The van der Waals surface area contributed by atoms with Gasteiger partial charge in [-0.3, -0.25) is 0 Å².